The van der Waals surface area contributed by atoms with Crippen LogP contribution in [0.15, 0.2) is 79.4 Å². The number of benzene rings is 2. The molecule has 0 aliphatic rings. The molecule has 1 N–H and O–H groups in total. The lowest BCUT2D eigenvalue weighted by atomic mass is 10.1. The number of thiocarbonyl (C=S) groups is 1. The molecule has 0 bridgehead atoms. The van der Waals surface area contributed by atoms with E-state index in [1.807, 2.05) is 12.2 Å². The minimum atomic E-state index is -0.442. The monoisotopic (exact) mass is 608 g/mol. The zero-order valence-corrected chi connectivity index (χ0v) is 26.9. The molecule has 0 heterocycles. The molecule has 228 valence electrons. The van der Waals surface area contributed by atoms with Gasteiger partial charge >= 0.3 is 5.97 Å². The highest BCUT2D eigenvalue weighted by atomic mass is 32.2. The number of carbonyl (C=O) groups excluding carboxylic acids is 1. The van der Waals surface area contributed by atoms with Gasteiger partial charge in [-0.15, -0.1) is 11.8 Å². The Balaban J connectivity index is 1.63. The largest absolute Gasteiger partial charge is 0.507 e. The number of hydrogen-bond donors (Lipinski definition) is 1. The van der Waals surface area contributed by atoms with Gasteiger partial charge in [0.25, 0.3) is 0 Å². The fourth-order valence-electron chi connectivity index (χ4n) is 4.29. The minimum absolute atomic E-state index is 0.105. The Bertz CT molecular complexity index is 1100. The third-order valence-corrected chi connectivity index (χ3v) is 8.12. The van der Waals surface area contributed by atoms with Crippen LogP contribution in [0.1, 0.15) is 106 Å². The highest BCUT2D eigenvalue weighted by Gasteiger charge is 2.10. The third-order valence-electron chi connectivity index (χ3n) is 6.75. The van der Waals surface area contributed by atoms with E-state index in [1.54, 1.807) is 66.4 Å². The molecule has 0 spiro atoms. The first-order valence-corrected chi connectivity index (χ1v) is 16.8. The zero-order chi connectivity index (χ0) is 30.3. The number of unbranched alkanes of at least 4 members (excludes halogenated alkanes) is 11. The molecule has 6 heteroatoms. The lowest BCUT2D eigenvalue weighted by Crippen LogP contribution is -2.08. The van der Waals surface area contributed by atoms with Crippen LogP contribution in [0, 0.1) is 0 Å². The standard InChI is InChI=1S/C36H48O4S2/c1-3-5-7-9-10-11-12-13-14-15-16-17-27-39-32-23-21-31(22-24-32)36(38)40-33-25-19-30(20-26-33)34(37)29-35(41)42-28-18-8-6-4-2/h3,5,7,19-26,29,37H,1,4,6,8-18,27-28H2,2H3/b7-5+,34-29-. The van der Waals surface area contributed by atoms with Crippen LogP contribution >= 0.6 is 24.0 Å². The van der Waals surface area contributed by atoms with Crippen LogP contribution < -0.4 is 9.47 Å². The van der Waals surface area contributed by atoms with Gasteiger partial charge in [-0.25, -0.2) is 4.79 Å². The van der Waals surface area contributed by atoms with E-state index in [0.29, 0.717) is 27.7 Å². The molecule has 0 atom stereocenters. The summed E-state index contributed by atoms with van der Waals surface area (Å²) in [5, 5.41) is 10.4. The second-order valence-corrected chi connectivity index (χ2v) is 12.2. The summed E-state index contributed by atoms with van der Waals surface area (Å²) in [5.74, 6) is 1.78. The topological polar surface area (TPSA) is 55.8 Å². The van der Waals surface area contributed by atoms with E-state index in [0.717, 1.165) is 30.8 Å². The molecule has 0 fully saturated rings. The van der Waals surface area contributed by atoms with Crippen molar-refractivity contribution < 1.29 is 19.4 Å². The molecule has 0 amide bonds. The van der Waals surface area contributed by atoms with E-state index in [4.69, 9.17) is 21.7 Å². The lowest BCUT2D eigenvalue weighted by Gasteiger charge is -2.08. The van der Waals surface area contributed by atoms with Gasteiger partial charge in [0, 0.05) is 11.6 Å². The number of hydrogen-bond acceptors (Lipinski definition) is 6. The highest BCUT2D eigenvalue weighted by molar-refractivity contribution is 8.23. The van der Waals surface area contributed by atoms with Gasteiger partial charge in [-0.3, -0.25) is 0 Å². The van der Waals surface area contributed by atoms with E-state index in [-0.39, 0.29) is 5.76 Å². The van der Waals surface area contributed by atoms with Gasteiger partial charge in [0.2, 0.25) is 0 Å². The van der Waals surface area contributed by atoms with Gasteiger partial charge < -0.3 is 14.6 Å². The van der Waals surface area contributed by atoms with Crippen molar-refractivity contribution in [2.45, 2.75) is 90.4 Å². The number of carbonyl (C=O) groups is 1. The van der Waals surface area contributed by atoms with Crippen molar-refractivity contribution in [2.75, 3.05) is 12.4 Å². The lowest BCUT2D eigenvalue weighted by molar-refractivity contribution is 0.0734. The number of thioether (sulfide) groups is 1. The van der Waals surface area contributed by atoms with E-state index in [2.05, 4.69) is 19.6 Å². The smallest absolute Gasteiger partial charge is 0.343 e. The molecule has 0 aliphatic heterocycles. The first-order valence-electron chi connectivity index (χ1n) is 15.4. The molecular formula is C36H48O4S2. The molecule has 0 saturated heterocycles. The number of esters is 1. The Morgan fingerprint density at radius 2 is 1.43 bits per heavy atom. The van der Waals surface area contributed by atoms with Crippen molar-refractivity contribution in [3.8, 4) is 11.5 Å². The number of ether oxygens (including phenoxy) is 2. The predicted octanol–water partition coefficient (Wildman–Crippen LogP) is 11.1. The molecule has 2 rings (SSSR count). The molecule has 2 aromatic rings. The van der Waals surface area contributed by atoms with Crippen LogP contribution in [0.25, 0.3) is 5.76 Å². The fraction of sp³-hybridized carbons (Fsp3) is 0.444. The minimum Gasteiger partial charge on any atom is -0.507 e. The average Bonchev–Trinajstić information content (AvgIpc) is 3.00. The van der Waals surface area contributed by atoms with E-state index < -0.39 is 5.97 Å². The molecule has 2 aromatic carbocycles. The number of aliphatic hydroxyl groups excluding tert-OH is 1. The summed E-state index contributed by atoms with van der Waals surface area (Å²) < 4.78 is 12.0. The normalized spacial score (nSPS) is 11.5. The van der Waals surface area contributed by atoms with E-state index in [9.17, 15) is 9.90 Å². The summed E-state index contributed by atoms with van der Waals surface area (Å²) in [5.41, 5.74) is 1.07. The molecule has 0 aliphatic carbocycles. The Labute approximate surface area is 263 Å². The maximum atomic E-state index is 12.6. The van der Waals surface area contributed by atoms with Crippen molar-refractivity contribution in [1.29, 1.82) is 0 Å². The van der Waals surface area contributed by atoms with Crippen molar-refractivity contribution in [2.24, 2.45) is 0 Å². The Morgan fingerprint density at radius 3 is 2.10 bits per heavy atom. The summed E-state index contributed by atoms with van der Waals surface area (Å²) in [7, 11) is 0. The summed E-state index contributed by atoms with van der Waals surface area (Å²) in [4.78, 5) is 12.6. The van der Waals surface area contributed by atoms with Gasteiger partial charge in [0.05, 0.1) is 16.4 Å². The second-order valence-electron chi connectivity index (χ2n) is 10.3. The van der Waals surface area contributed by atoms with Crippen molar-refractivity contribution in [3.05, 3.63) is 90.5 Å². The molecule has 0 aromatic heterocycles. The van der Waals surface area contributed by atoms with Crippen LogP contribution in [0.4, 0.5) is 0 Å². The van der Waals surface area contributed by atoms with Crippen LogP contribution in [-0.2, 0) is 0 Å². The van der Waals surface area contributed by atoms with Gasteiger partial charge in [-0.1, -0.05) is 102 Å². The molecule has 42 heavy (non-hydrogen) atoms. The van der Waals surface area contributed by atoms with E-state index in [1.165, 1.54) is 64.2 Å². The average molecular weight is 609 g/mol. The molecule has 4 nitrogen and oxygen atoms in total. The number of aliphatic hydroxyl groups is 1. The Morgan fingerprint density at radius 1 is 0.833 bits per heavy atom. The van der Waals surface area contributed by atoms with Gasteiger partial charge in [-0.2, -0.15) is 0 Å². The number of rotatable bonds is 22. The van der Waals surface area contributed by atoms with Crippen molar-refractivity contribution in [3.63, 3.8) is 0 Å². The first kappa shape index (κ1) is 35.4. The van der Waals surface area contributed by atoms with Crippen LogP contribution in [0.5, 0.6) is 11.5 Å². The maximum absolute atomic E-state index is 12.6. The summed E-state index contributed by atoms with van der Waals surface area (Å²) in [6, 6.07) is 13.8. The van der Waals surface area contributed by atoms with Crippen molar-refractivity contribution in [1.82, 2.24) is 0 Å². The summed E-state index contributed by atoms with van der Waals surface area (Å²) in [6.07, 6.45) is 23.5. The molecule has 0 unspecified atom stereocenters. The van der Waals surface area contributed by atoms with Gasteiger partial charge in [-0.05, 0) is 80.0 Å². The van der Waals surface area contributed by atoms with E-state index >= 15 is 0 Å². The second kappa shape index (κ2) is 22.7. The van der Waals surface area contributed by atoms with Gasteiger partial charge in [0.1, 0.15) is 17.3 Å². The van der Waals surface area contributed by atoms with Crippen LogP contribution in [0.3, 0.4) is 0 Å². The quantitative estimate of drug-likeness (QED) is 0.0273. The Hall–Kier alpha value is -2.83. The predicted molar refractivity (Wildman–Crippen MR) is 184 cm³/mol. The molecule has 0 radical (unpaired) electrons. The first-order chi connectivity index (χ1) is 20.5. The van der Waals surface area contributed by atoms with Crippen molar-refractivity contribution >= 4 is 39.9 Å². The zero-order valence-electron chi connectivity index (χ0n) is 25.2. The highest BCUT2D eigenvalue weighted by Crippen LogP contribution is 2.21. The third kappa shape index (κ3) is 16.0. The Kier molecular flexibility index (Phi) is 19.1. The summed E-state index contributed by atoms with van der Waals surface area (Å²) in [6.45, 7) is 6.55. The van der Waals surface area contributed by atoms with Crippen LogP contribution in [0.2, 0.25) is 0 Å². The molecule has 0 saturated carbocycles. The summed E-state index contributed by atoms with van der Waals surface area (Å²) >= 11 is 6.95. The fourth-order valence-corrected chi connectivity index (χ4v) is 5.40. The SMILES string of the molecule is C=C/C=C/CCCCCCCCCCOc1ccc(C(=O)Oc2ccc(/C(O)=C/C(=S)SCCCCCC)cc2)cc1. The maximum Gasteiger partial charge on any atom is 0.343 e. The number of allylic oxidation sites excluding steroid dienone is 3. The van der Waals surface area contributed by atoms with Crippen LogP contribution in [-0.4, -0.2) is 27.6 Å². The van der Waals surface area contributed by atoms with Gasteiger partial charge in [0.15, 0.2) is 0 Å². The molecular weight excluding hydrogens is 561 g/mol.